The molecule has 2 heterocycles. The first-order chi connectivity index (χ1) is 9.65. The molecule has 2 saturated heterocycles. The summed E-state index contributed by atoms with van der Waals surface area (Å²) in [6, 6.07) is 3.44. The molecule has 1 aromatic rings. The molecule has 4 nitrogen and oxygen atoms in total. The summed E-state index contributed by atoms with van der Waals surface area (Å²) in [5.41, 5.74) is 7.26. The second-order valence-corrected chi connectivity index (χ2v) is 5.77. The highest BCUT2D eigenvalue weighted by Gasteiger charge is 2.29. The van der Waals surface area contributed by atoms with Gasteiger partial charge < -0.3 is 15.4 Å². The lowest BCUT2D eigenvalue weighted by atomic mass is 10.2. The second-order valence-electron chi connectivity index (χ2n) is 5.36. The third kappa shape index (κ3) is 2.71. The van der Waals surface area contributed by atoms with Crippen molar-refractivity contribution >= 4 is 23.0 Å². The van der Waals surface area contributed by atoms with E-state index < -0.39 is 5.82 Å². The average molecular weight is 300 g/mol. The fourth-order valence-corrected chi connectivity index (χ4v) is 3.20. The number of nitrogens with zero attached hydrogens (tertiary/aromatic N) is 2. The van der Waals surface area contributed by atoms with Crippen LogP contribution in [-0.2, 0) is 4.74 Å². The zero-order chi connectivity index (χ0) is 14.1. The van der Waals surface area contributed by atoms with Crippen LogP contribution in [0.3, 0.4) is 0 Å². The largest absolute Gasteiger partial charge is 0.397 e. The van der Waals surface area contributed by atoms with Crippen LogP contribution in [-0.4, -0.2) is 50.3 Å². The lowest BCUT2D eigenvalue weighted by molar-refractivity contribution is 0.0209. The van der Waals surface area contributed by atoms with Crippen LogP contribution in [0, 0.1) is 5.82 Å². The minimum Gasteiger partial charge on any atom is -0.397 e. The molecule has 0 bridgehead atoms. The van der Waals surface area contributed by atoms with Crippen LogP contribution in [0.25, 0.3) is 0 Å². The number of halogens is 2. The van der Waals surface area contributed by atoms with Gasteiger partial charge in [-0.15, -0.1) is 0 Å². The van der Waals surface area contributed by atoms with Gasteiger partial charge in [0.05, 0.1) is 29.6 Å². The predicted octanol–water partition coefficient (Wildman–Crippen LogP) is 1.97. The van der Waals surface area contributed by atoms with Gasteiger partial charge in [0.1, 0.15) is 5.82 Å². The van der Waals surface area contributed by atoms with Gasteiger partial charge in [-0.1, -0.05) is 11.6 Å². The van der Waals surface area contributed by atoms with Crippen molar-refractivity contribution in [1.29, 1.82) is 0 Å². The third-order valence-electron chi connectivity index (χ3n) is 4.14. The maximum absolute atomic E-state index is 13.6. The molecule has 20 heavy (non-hydrogen) atoms. The van der Waals surface area contributed by atoms with E-state index in [4.69, 9.17) is 22.1 Å². The normalized spacial score (nSPS) is 24.3. The molecule has 1 aromatic carbocycles. The van der Waals surface area contributed by atoms with Crippen molar-refractivity contribution in [1.82, 2.24) is 4.90 Å². The van der Waals surface area contributed by atoms with Gasteiger partial charge in [0.15, 0.2) is 0 Å². The molecular weight excluding hydrogens is 281 g/mol. The maximum Gasteiger partial charge on any atom is 0.144 e. The Morgan fingerprint density at radius 2 is 2.00 bits per heavy atom. The first kappa shape index (κ1) is 13.9. The number of ether oxygens (including phenoxy) is 1. The Balaban J connectivity index is 1.72. The second kappa shape index (κ2) is 5.76. The lowest BCUT2D eigenvalue weighted by Gasteiger charge is -2.32. The molecule has 2 aliphatic heterocycles. The van der Waals surface area contributed by atoms with Gasteiger partial charge in [-0.25, -0.2) is 4.39 Å². The topological polar surface area (TPSA) is 41.7 Å². The Morgan fingerprint density at radius 1 is 1.25 bits per heavy atom. The highest BCUT2D eigenvalue weighted by molar-refractivity contribution is 6.31. The zero-order valence-electron chi connectivity index (χ0n) is 11.3. The van der Waals surface area contributed by atoms with Crippen molar-refractivity contribution in [2.75, 3.05) is 50.0 Å². The molecule has 0 saturated carbocycles. The summed E-state index contributed by atoms with van der Waals surface area (Å²) >= 11 is 5.75. The van der Waals surface area contributed by atoms with E-state index in [1.54, 1.807) is 0 Å². The van der Waals surface area contributed by atoms with Gasteiger partial charge in [0.2, 0.25) is 0 Å². The fraction of sp³-hybridized carbons (Fsp3) is 0.571. The van der Waals surface area contributed by atoms with Crippen LogP contribution >= 0.6 is 11.6 Å². The number of hydrogen-bond acceptors (Lipinski definition) is 4. The van der Waals surface area contributed by atoms with Crippen molar-refractivity contribution in [2.45, 2.75) is 12.5 Å². The van der Waals surface area contributed by atoms with E-state index in [1.165, 1.54) is 12.1 Å². The minimum atomic E-state index is -0.411. The number of benzene rings is 1. The van der Waals surface area contributed by atoms with Gasteiger partial charge in [0, 0.05) is 38.3 Å². The Bertz CT molecular complexity index is 494. The molecule has 0 aliphatic carbocycles. The molecule has 0 aromatic heterocycles. The highest BCUT2D eigenvalue weighted by atomic mass is 35.5. The summed E-state index contributed by atoms with van der Waals surface area (Å²) in [5.74, 6) is -0.411. The molecule has 2 aliphatic rings. The first-order valence-corrected chi connectivity index (χ1v) is 7.34. The monoisotopic (exact) mass is 299 g/mol. The summed E-state index contributed by atoms with van der Waals surface area (Å²) in [5, 5.41) is 0.0789. The molecule has 1 unspecified atom stereocenters. The Kier molecular flexibility index (Phi) is 4.01. The summed E-state index contributed by atoms with van der Waals surface area (Å²) in [6.45, 7) is 5.33. The Morgan fingerprint density at radius 3 is 2.75 bits per heavy atom. The third-order valence-corrected chi connectivity index (χ3v) is 4.43. The van der Waals surface area contributed by atoms with Crippen LogP contribution in [0.2, 0.25) is 5.02 Å². The van der Waals surface area contributed by atoms with E-state index in [2.05, 4.69) is 9.80 Å². The number of nitrogens with two attached hydrogens (primary N) is 1. The minimum absolute atomic E-state index is 0.0789. The van der Waals surface area contributed by atoms with Crippen molar-refractivity contribution in [3.8, 4) is 0 Å². The van der Waals surface area contributed by atoms with Gasteiger partial charge in [-0.05, 0) is 12.5 Å². The maximum atomic E-state index is 13.6. The number of rotatable bonds is 2. The average Bonchev–Trinajstić information content (AvgIpc) is 2.93. The number of anilines is 2. The van der Waals surface area contributed by atoms with Gasteiger partial charge in [-0.3, -0.25) is 4.90 Å². The van der Waals surface area contributed by atoms with E-state index in [1.807, 2.05) is 0 Å². The van der Waals surface area contributed by atoms with E-state index >= 15 is 0 Å². The Hall–Kier alpha value is -1.04. The molecular formula is C14H19ClFN3O. The first-order valence-electron chi connectivity index (χ1n) is 6.96. The molecule has 0 spiro atoms. The fourth-order valence-electron chi connectivity index (χ4n) is 3.03. The Labute approximate surface area is 123 Å². The summed E-state index contributed by atoms with van der Waals surface area (Å²) in [7, 11) is 0. The van der Waals surface area contributed by atoms with E-state index in [0.717, 1.165) is 51.5 Å². The van der Waals surface area contributed by atoms with Crippen molar-refractivity contribution in [3.05, 3.63) is 23.0 Å². The predicted molar refractivity (Wildman–Crippen MR) is 78.8 cm³/mol. The zero-order valence-corrected chi connectivity index (χ0v) is 12.1. The highest BCUT2D eigenvalue weighted by Crippen LogP contribution is 2.32. The molecule has 0 radical (unpaired) electrons. The molecule has 1 atom stereocenters. The number of morpholine rings is 1. The molecule has 2 N–H and O–H groups in total. The van der Waals surface area contributed by atoms with Crippen molar-refractivity contribution in [3.63, 3.8) is 0 Å². The van der Waals surface area contributed by atoms with Crippen LogP contribution < -0.4 is 10.6 Å². The van der Waals surface area contributed by atoms with Crippen LogP contribution in [0.5, 0.6) is 0 Å². The number of nitrogen functional groups attached to an aromatic ring is 1. The van der Waals surface area contributed by atoms with E-state index in [9.17, 15) is 4.39 Å². The quantitative estimate of drug-likeness (QED) is 0.848. The summed E-state index contributed by atoms with van der Waals surface area (Å²) in [4.78, 5) is 4.60. The van der Waals surface area contributed by atoms with Gasteiger partial charge in [0.25, 0.3) is 0 Å². The number of hydrogen-bond donors (Lipinski definition) is 1. The molecule has 3 rings (SSSR count). The van der Waals surface area contributed by atoms with E-state index in [-0.39, 0.29) is 5.02 Å². The summed E-state index contributed by atoms with van der Waals surface area (Å²) < 4.78 is 19.0. The van der Waals surface area contributed by atoms with E-state index in [0.29, 0.717) is 11.7 Å². The summed E-state index contributed by atoms with van der Waals surface area (Å²) in [6.07, 6.45) is 1.07. The van der Waals surface area contributed by atoms with Crippen molar-refractivity contribution < 1.29 is 9.13 Å². The SMILES string of the molecule is Nc1cc(Cl)c(F)cc1N1CCC(N2CCOCC2)C1. The van der Waals surface area contributed by atoms with Crippen molar-refractivity contribution in [2.24, 2.45) is 0 Å². The van der Waals surface area contributed by atoms with Gasteiger partial charge >= 0.3 is 0 Å². The van der Waals surface area contributed by atoms with Crippen LogP contribution in [0.15, 0.2) is 12.1 Å². The van der Waals surface area contributed by atoms with Crippen LogP contribution in [0.4, 0.5) is 15.8 Å². The smallest absolute Gasteiger partial charge is 0.144 e. The molecule has 0 amide bonds. The van der Waals surface area contributed by atoms with Gasteiger partial charge in [-0.2, -0.15) is 0 Å². The molecule has 2 fully saturated rings. The van der Waals surface area contributed by atoms with Crippen LogP contribution in [0.1, 0.15) is 6.42 Å². The molecule has 6 heteroatoms. The standard InChI is InChI=1S/C14H19ClFN3O/c15-11-7-13(17)14(8-12(11)16)19-2-1-10(9-19)18-3-5-20-6-4-18/h7-8,10H,1-6,9,17H2. The molecule has 110 valence electrons. The lowest BCUT2D eigenvalue weighted by Crippen LogP contribution is -2.44.